The minimum absolute atomic E-state index is 0.00497. The van der Waals surface area contributed by atoms with Crippen molar-refractivity contribution in [2.24, 2.45) is 0 Å². The molecule has 2 aliphatic rings. The van der Waals surface area contributed by atoms with Crippen molar-refractivity contribution in [1.29, 1.82) is 0 Å². The number of nitrogens with one attached hydrogen (secondary N) is 4. The maximum atomic E-state index is 6.32. The summed E-state index contributed by atoms with van der Waals surface area (Å²) < 4.78 is 30.8. The number of furan rings is 5. The molecule has 0 saturated carbocycles. The van der Waals surface area contributed by atoms with E-state index in [4.69, 9.17) is 22.1 Å². The number of anilines is 8. The molecule has 25 rings (SSSR count). The summed E-state index contributed by atoms with van der Waals surface area (Å²) in [5.41, 5.74) is 31.9. The van der Waals surface area contributed by atoms with Crippen molar-refractivity contribution in [1.82, 2.24) is 0 Å². The molecule has 0 radical (unpaired) electrons. The zero-order valence-corrected chi connectivity index (χ0v) is 66.3. The van der Waals surface area contributed by atoms with Gasteiger partial charge in [-0.15, -0.1) is 0 Å². The normalized spacial score (nSPS) is 12.7. The van der Waals surface area contributed by atoms with E-state index >= 15 is 0 Å². The van der Waals surface area contributed by atoms with E-state index in [9.17, 15) is 0 Å². The SMILES string of the molecule is CC1(C)c2ccccc2-c2ccc(Nc3cccc4c3oc3ccccc34)cc21.c1ccc(-c2ccc(Nc3cccc4c3oc3ccccc34)cc2)cc1.c1ccc(C2(c3ccccc3)c3ccccc3-c3ccc(Nc4cccc5c4oc4ccccc45)cc32)cc1.c1ccc2c(c1)oc1c(Nc3cccc4c3oc3ccccc34)cccc12. The van der Waals surface area contributed by atoms with Crippen molar-refractivity contribution in [3.63, 3.8) is 0 Å². The van der Waals surface area contributed by atoms with Gasteiger partial charge >= 0.3 is 0 Å². The van der Waals surface area contributed by atoms with Crippen LogP contribution in [0.4, 0.5) is 45.5 Å². The average molecular weight is 1560 g/mol. The molecule has 4 N–H and O–H groups in total. The Morgan fingerprint density at radius 3 is 0.860 bits per heavy atom. The van der Waals surface area contributed by atoms with Crippen molar-refractivity contribution in [3.8, 4) is 33.4 Å². The van der Waals surface area contributed by atoms with Crippen LogP contribution in [-0.4, -0.2) is 0 Å². The predicted octanol–water partition coefficient (Wildman–Crippen LogP) is 31.6. The van der Waals surface area contributed by atoms with Gasteiger partial charge in [-0.2, -0.15) is 0 Å². The molecule has 18 aromatic carbocycles. The Kier molecular flexibility index (Phi) is 17.6. The van der Waals surface area contributed by atoms with Crippen LogP contribution in [0.5, 0.6) is 0 Å². The maximum absolute atomic E-state index is 6.32. The quantitative estimate of drug-likeness (QED) is 0.101. The Bertz CT molecular complexity index is 7730. The van der Waals surface area contributed by atoms with Gasteiger partial charge in [0.25, 0.3) is 0 Å². The van der Waals surface area contributed by atoms with E-state index < -0.39 is 5.41 Å². The summed E-state index contributed by atoms with van der Waals surface area (Å²) in [6.45, 7) is 4.61. The molecular weight excluding hydrogens is 1480 g/mol. The molecule has 0 atom stereocenters. The fraction of sp³-hybridized carbons (Fsp3) is 0.0357. The van der Waals surface area contributed by atoms with Gasteiger partial charge < -0.3 is 43.4 Å². The molecule has 0 bridgehead atoms. The lowest BCUT2D eigenvalue weighted by Gasteiger charge is -2.34. The highest BCUT2D eigenvalue weighted by molar-refractivity contribution is 6.14. The van der Waals surface area contributed by atoms with Crippen molar-refractivity contribution in [2.75, 3.05) is 21.3 Å². The summed E-state index contributed by atoms with van der Waals surface area (Å²) >= 11 is 0. The third-order valence-corrected chi connectivity index (χ3v) is 24.2. The first kappa shape index (κ1) is 71.7. The van der Waals surface area contributed by atoms with E-state index in [2.05, 4.69) is 338 Å². The zero-order valence-electron chi connectivity index (χ0n) is 66.3. The molecular formula is C112H78N4O5. The van der Waals surface area contributed by atoms with Crippen molar-refractivity contribution >= 4 is 155 Å². The Morgan fingerprint density at radius 1 is 0.190 bits per heavy atom. The molecule has 2 aliphatic carbocycles. The van der Waals surface area contributed by atoms with E-state index in [1.54, 1.807) is 0 Å². The topological polar surface area (TPSA) is 114 Å². The van der Waals surface area contributed by atoms with Gasteiger partial charge in [-0.25, -0.2) is 0 Å². The first-order chi connectivity index (χ1) is 59.7. The van der Waals surface area contributed by atoms with Crippen LogP contribution in [0.3, 0.4) is 0 Å². The highest BCUT2D eigenvalue weighted by Gasteiger charge is 2.46. The standard InChI is InChI=1S/C37H25NO.C27H21NO.C24H15NO2.C24H17NO/c1-3-12-25(13-4-1)37(26-14-5-2-6-15-26)32-19-9-7-16-28(32)29-23-22-27(24-33(29)37)38-34-20-11-18-31-30-17-8-10-21-35(30)39-36(31)34;1-27(2)22-11-5-3-8-18(22)19-15-14-17(16-23(19)27)28-24-12-7-10-21-20-9-4-6-13-25(20)29-26(21)24;1-3-13-21-15(7-1)17-9-5-11-19(23(17)26-21)25-20-12-6-10-18-16-8-2-4-14-22(16)27-24(18)20;1-2-7-17(8-3-1)18-13-15-19(16-14-18)25-22-11-6-10-21-20-9-4-5-12-23(20)26-24(21)22/h1-24,38H;3-16,28H,1-2H3;1-14,25H;1-16,25H. The highest BCUT2D eigenvalue weighted by atomic mass is 16.3. The average Bonchev–Trinajstić information content (AvgIpc) is 1.54. The second-order valence-corrected chi connectivity index (χ2v) is 31.6. The molecule has 0 saturated heterocycles. The lowest BCUT2D eigenvalue weighted by atomic mass is 9.67. The minimum Gasteiger partial charge on any atom is -0.454 e. The fourth-order valence-corrected chi connectivity index (χ4v) is 18.5. The Morgan fingerprint density at radius 2 is 0.463 bits per heavy atom. The summed E-state index contributed by atoms with van der Waals surface area (Å²) in [7, 11) is 0. The monoisotopic (exact) mass is 1560 g/mol. The molecule has 0 spiro atoms. The van der Waals surface area contributed by atoms with Gasteiger partial charge in [0.05, 0.1) is 33.9 Å². The molecule has 0 amide bonds. The zero-order chi connectivity index (χ0) is 80.5. The highest BCUT2D eigenvalue weighted by Crippen LogP contribution is 2.57. The number of hydrogen-bond donors (Lipinski definition) is 4. The van der Waals surface area contributed by atoms with Crippen LogP contribution in [-0.2, 0) is 10.8 Å². The van der Waals surface area contributed by atoms with Crippen molar-refractivity contribution in [2.45, 2.75) is 24.7 Å². The summed E-state index contributed by atoms with van der Waals surface area (Å²) in [6.07, 6.45) is 0. The van der Waals surface area contributed by atoms with Gasteiger partial charge in [-0.05, 0) is 164 Å². The third-order valence-electron chi connectivity index (χ3n) is 24.2. The van der Waals surface area contributed by atoms with E-state index in [1.807, 2.05) is 109 Å². The summed E-state index contributed by atoms with van der Waals surface area (Å²) in [5.74, 6) is 0. The number of rotatable bonds is 11. The fourth-order valence-electron chi connectivity index (χ4n) is 18.5. The Labute approximate surface area is 698 Å². The second kappa shape index (κ2) is 29.7. The molecule has 9 heteroatoms. The largest absolute Gasteiger partial charge is 0.454 e. The Balaban J connectivity index is 0.0000000980. The molecule has 121 heavy (non-hydrogen) atoms. The maximum Gasteiger partial charge on any atom is 0.158 e. The van der Waals surface area contributed by atoms with E-state index in [0.717, 1.165) is 155 Å². The van der Waals surface area contributed by atoms with Gasteiger partial charge in [0.1, 0.15) is 27.9 Å². The number of hydrogen-bond acceptors (Lipinski definition) is 9. The van der Waals surface area contributed by atoms with Crippen LogP contribution in [0.2, 0.25) is 0 Å². The van der Waals surface area contributed by atoms with Crippen LogP contribution >= 0.6 is 0 Å². The molecule has 576 valence electrons. The molecule has 23 aromatic rings. The lowest BCUT2D eigenvalue weighted by molar-refractivity contribution is 0.660. The number of fused-ring (bicyclic) bond motifs is 21. The van der Waals surface area contributed by atoms with Gasteiger partial charge in [-0.1, -0.05) is 329 Å². The van der Waals surface area contributed by atoms with E-state index in [-0.39, 0.29) is 5.41 Å². The van der Waals surface area contributed by atoms with E-state index in [1.165, 1.54) is 66.8 Å². The van der Waals surface area contributed by atoms with Crippen LogP contribution in [0.25, 0.3) is 143 Å². The van der Waals surface area contributed by atoms with Gasteiger partial charge in [-0.3, -0.25) is 0 Å². The molecule has 0 aliphatic heterocycles. The summed E-state index contributed by atoms with van der Waals surface area (Å²) in [4.78, 5) is 0. The molecule has 5 aromatic heterocycles. The Hall–Kier alpha value is -15.8. The predicted molar refractivity (Wildman–Crippen MR) is 501 cm³/mol. The first-order valence-electron chi connectivity index (χ1n) is 41.1. The number of para-hydroxylation sites is 10. The second-order valence-electron chi connectivity index (χ2n) is 31.6. The molecule has 9 nitrogen and oxygen atoms in total. The smallest absolute Gasteiger partial charge is 0.158 e. The van der Waals surface area contributed by atoms with Gasteiger partial charge in [0.15, 0.2) is 27.9 Å². The lowest BCUT2D eigenvalue weighted by Crippen LogP contribution is -2.28. The molecule has 0 fully saturated rings. The molecule has 0 unspecified atom stereocenters. The van der Waals surface area contributed by atoms with E-state index in [0.29, 0.717) is 0 Å². The third kappa shape index (κ3) is 12.5. The molecule has 5 heterocycles. The minimum atomic E-state index is -0.419. The van der Waals surface area contributed by atoms with Crippen LogP contribution in [0.15, 0.2) is 435 Å². The number of benzene rings is 18. The van der Waals surface area contributed by atoms with Crippen LogP contribution in [0.1, 0.15) is 47.2 Å². The summed E-state index contributed by atoms with van der Waals surface area (Å²) in [6, 6.07) is 144. The van der Waals surface area contributed by atoms with Crippen LogP contribution in [0, 0.1) is 0 Å². The van der Waals surface area contributed by atoms with Crippen LogP contribution < -0.4 is 21.3 Å². The van der Waals surface area contributed by atoms with Gasteiger partial charge in [0.2, 0.25) is 0 Å². The first-order valence-corrected chi connectivity index (χ1v) is 41.1. The van der Waals surface area contributed by atoms with Crippen molar-refractivity contribution in [3.05, 3.63) is 446 Å². The van der Waals surface area contributed by atoms with Gasteiger partial charge in [0, 0.05) is 76.3 Å². The summed E-state index contributed by atoms with van der Waals surface area (Å²) in [5, 5.41) is 25.6. The van der Waals surface area contributed by atoms with Crippen molar-refractivity contribution < 1.29 is 22.1 Å².